The zero-order valence-corrected chi connectivity index (χ0v) is 11.8. The minimum Gasteiger partial charge on any atom is -0.493 e. The zero-order chi connectivity index (χ0) is 14.6. The summed E-state index contributed by atoms with van der Waals surface area (Å²) >= 11 is 0. The molecule has 0 bridgehead atoms. The van der Waals surface area contributed by atoms with E-state index in [2.05, 4.69) is 5.16 Å². The van der Waals surface area contributed by atoms with Crippen LogP contribution in [0.1, 0.15) is 26.7 Å². The van der Waals surface area contributed by atoms with Crippen molar-refractivity contribution in [1.29, 1.82) is 0 Å². The molecule has 0 atom stereocenters. The van der Waals surface area contributed by atoms with Crippen molar-refractivity contribution in [2.75, 3.05) is 13.4 Å². The van der Waals surface area contributed by atoms with Gasteiger partial charge in [-0.15, -0.1) is 0 Å². The van der Waals surface area contributed by atoms with Crippen LogP contribution in [-0.2, 0) is 0 Å². The van der Waals surface area contributed by atoms with E-state index in [-0.39, 0.29) is 18.0 Å². The van der Waals surface area contributed by atoms with Crippen molar-refractivity contribution in [2.45, 2.75) is 26.7 Å². The molecule has 110 valence electrons. The fraction of sp³-hybridized carbons (Fsp3) is 0.500. The Morgan fingerprint density at radius 1 is 1.40 bits per heavy atom. The molecule has 6 heteroatoms. The summed E-state index contributed by atoms with van der Waals surface area (Å²) in [6.07, 6.45) is 1.57. The van der Waals surface area contributed by atoms with Crippen molar-refractivity contribution >= 4 is 5.84 Å². The van der Waals surface area contributed by atoms with Gasteiger partial charge in [0.2, 0.25) is 6.79 Å². The predicted molar refractivity (Wildman–Crippen MR) is 74.5 cm³/mol. The molecule has 20 heavy (non-hydrogen) atoms. The Labute approximate surface area is 118 Å². The minimum absolute atomic E-state index is 0.237. The predicted octanol–water partition coefficient (Wildman–Crippen LogP) is 2.35. The molecule has 0 radical (unpaired) electrons. The monoisotopic (exact) mass is 280 g/mol. The van der Waals surface area contributed by atoms with E-state index in [0.717, 1.165) is 24.3 Å². The number of rotatable bonds is 6. The van der Waals surface area contributed by atoms with E-state index in [1.807, 2.05) is 32.0 Å². The lowest BCUT2D eigenvalue weighted by Crippen LogP contribution is -2.32. The number of oxime groups is 1. The fourth-order valence-corrected chi connectivity index (χ4v) is 1.93. The highest BCUT2D eigenvalue weighted by Gasteiger charge is 2.23. The number of benzene rings is 1. The Bertz CT molecular complexity index is 500. The maximum absolute atomic E-state index is 8.70. The Hall–Kier alpha value is -2.11. The second kappa shape index (κ2) is 5.90. The van der Waals surface area contributed by atoms with Crippen LogP contribution in [0.15, 0.2) is 23.4 Å². The molecule has 1 aromatic rings. The number of fused-ring (bicyclic) bond motifs is 1. The average molecular weight is 280 g/mol. The van der Waals surface area contributed by atoms with Gasteiger partial charge in [0.15, 0.2) is 11.5 Å². The molecule has 1 aliphatic rings. The smallest absolute Gasteiger partial charge is 0.231 e. The van der Waals surface area contributed by atoms with Crippen molar-refractivity contribution in [1.82, 2.24) is 0 Å². The van der Waals surface area contributed by atoms with Gasteiger partial charge in [0.05, 0.1) is 6.61 Å². The van der Waals surface area contributed by atoms with Crippen LogP contribution < -0.4 is 19.9 Å². The summed E-state index contributed by atoms with van der Waals surface area (Å²) < 4.78 is 16.2. The third-order valence-electron chi connectivity index (χ3n) is 3.36. The minimum atomic E-state index is -0.340. The summed E-state index contributed by atoms with van der Waals surface area (Å²) in [5.74, 6) is 2.43. The van der Waals surface area contributed by atoms with Crippen LogP contribution in [0.4, 0.5) is 0 Å². The summed E-state index contributed by atoms with van der Waals surface area (Å²) in [7, 11) is 0. The fourth-order valence-electron chi connectivity index (χ4n) is 1.93. The molecule has 0 saturated heterocycles. The quantitative estimate of drug-likeness (QED) is 0.274. The topological polar surface area (TPSA) is 86.3 Å². The van der Waals surface area contributed by atoms with Crippen molar-refractivity contribution < 1.29 is 19.4 Å². The van der Waals surface area contributed by atoms with E-state index in [1.165, 1.54) is 0 Å². The summed E-state index contributed by atoms with van der Waals surface area (Å²) in [4.78, 5) is 0. The number of nitrogens with zero attached hydrogens (tertiary/aromatic N) is 1. The lowest BCUT2D eigenvalue weighted by atomic mass is 9.87. The number of hydrogen-bond acceptors (Lipinski definition) is 5. The standard InChI is InChI=1S/C14H20N2O4/c1-14(2,13(15)16-17)6-3-7-18-10-4-5-11-12(8-10)20-9-19-11/h4-5,8,17H,3,6-7,9H2,1-2H3,(H2,15,16). The number of amidine groups is 1. The Morgan fingerprint density at radius 3 is 2.90 bits per heavy atom. The van der Waals surface area contributed by atoms with Crippen molar-refractivity contribution in [3.05, 3.63) is 18.2 Å². The van der Waals surface area contributed by atoms with E-state index >= 15 is 0 Å². The molecular formula is C14H20N2O4. The lowest BCUT2D eigenvalue weighted by molar-refractivity contribution is 0.173. The molecule has 2 rings (SSSR count). The number of ether oxygens (including phenoxy) is 3. The molecule has 0 aromatic heterocycles. The Morgan fingerprint density at radius 2 is 2.15 bits per heavy atom. The third kappa shape index (κ3) is 3.26. The first kappa shape index (κ1) is 14.3. The molecule has 6 nitrogen and oxygen atoms in total. The Kier molecular flexibility index (Phi) is 4.22. The summed E-state index contributed by atoms with van der Waals surface area (Å²) in [5.41, 5.74) is 5.29. The molecule has 3 N–H and O–H groups in total. The van der Waals surface area contributed by atoms with Crippen LogP contribution in [0, 0.1) is 5.41 Å². The van der Waals surface area contributed by atoms with Gasteiger partial charge in [-0.05, 0) is 25.0 Å². The van der Waals surface area contributed by atoms with Gasteiger partial charge in [-0.1, -0.05) is 19.0 Å². The van der Waals surface area contributed by atoms with Crippen LogP contribution in [0.5, 0.6) is 17.2 Å². The summed E-state index contributed by atoms with van der Waals surface area (Å²) in [5, 5.41) is 11.8. The largest absolute Gasteiger partial charge is 0.493 e. The van der Waals surface area contributed by atoms with Crippen LogP contribution in [0.2, 0.25) is 0 Å². The highest BCUT2D eigenvalue weighted by molar-refractivity contribution is 5.85. The van der Waals surface area contributed by atoms with E-state index in [4.69, 9.17) is 25.2 Å². The third-order valence-corrected chi connectivity index (χ3v) is 3.36. The van der Waals surface area contributed by atoms with Crippen molar-refractivity contribution in [2.24, 2.45) is 16.3 Å². The molecule has 0 fully saturated rings. The second-order valence-electron chi connectivity index (χ2n) is 5.34. The van der Waals surface area contributed by atoms with Crippen LogP contribution in [0.3, 0.4) is 0 Å². The van der Waals surface area contributed by atoms with E-state index in [1.54, 1.807) is 0 Å². The van der Waals surface area contributed by atoms with Gasteiger partial charge in [-0.3, -0.25) is 0 Å². The van der Waals surface area contributed by atoms with Gasteiger partial charge in [0.1, 0.15) is 11.6 Å². The van der Waals surface area contributed by atoms with Gasteiger partial charge in [-0.2, -0.15) is 0 Å². The van der Waals surface area contributed by atoms with Gasteiger partial charge in [0, 0.05) is 11.5 Å². The molecule has 0 aliphatic carbocycles. The molecule has 1 aliphatic heterocycles. The van der Waals surface area contributed by atoms with Crippen molar-refractivity contribution in [3.63, 3.8) is 0 Å². The SMILES string of the molecule is CC(C)(CCCOc1ccc2c(c1)OCO2)C(N)=NO. The normalized spacial score (nSPS) is 14.4. The molecule has 0 spiro atoms. The number of hydrogen-bond donors (Lipinski definition) is 2. The Balaban J connectivity index is 1.79. The first-order valence-electron chi connectivity index (χ1n) is 6.53. The summed E-state index contributed by atoms with van der Waals surface area (Å²) in [6, 6.07) is 5.50. The molecule has 0 saturated carbocycles. The van der Waals surface area contributed by atoms with Gasteiger partial charge >= 0.3 is 0 Å². The molecule has 0 amide bonds. The first-order valence-corrected chi connectivity index (χ1v) is 6.53. The van der Waals surface area contributed by atoms with Crippen LogP contribution in [0.25, 0.3) is 0 Å². The first-order chi connectivity index (χ1) is 9.53. The lowest BCUT2D eigenvalue weighted by Gasteiger charge is -2.22. The van der Waals surface area contributed by atoms with E-state index in [0.29, 0.717) is 12.4 Å². The second-order valence-corrected chi connectivity index (χ2v) is 5.34. The molecule has 0 unspecified atom stereocenters. The summed E-state index contributed by atoms with van der Waals surface area (Å²) in [6.45, 7) is 4.68. The van der Waals surface area contributed by atoms with Crippen LogP contribution in [-0.4, -0.2) is 24.4 Å². The highest BCUT2D eigenvalue weighted by Crippen LogP contribution is 2.35. The molecule has 1 heterocycles. The van der Waals surface area contributed by atoms with E-state index in [9.17, 15) is 0 Å². The van der Waals surface area contributed by atoms with Crippen LogP contribution >= 0.6 is 0 Å². The molecule has 1 aromatic carbocycles. The maximum Gasteiger partial charge on any atom is 0.231 e. The van der Waals surface area contributed by atoms with Gasteiger partial charge < -0.3 is 25.2 Å². The molecular weight excluding hydrogens is 260 g/mol. The number of nitrogens with two attached hydrogens (primary N) is 1. The average Bonchev–Trinajstić information content (AvgIpc) is 2.90. The highest BCUT2D eigenvalue weighted by atomic mass is 16.7. The van der Waals surface area contributed by atoms with E-state index < -0.39 is 0 Å². The van der Waals surface area contributed by atoms with Gasteiger partial charge in [-0.25, -0.2) is 0 Å². The van der Waals surface area contributed by atoms with Gasteiger partial charge in [0.25, 0.3) is 0 Å². The van der Waals surface area contributed by atoms with Crippen molar-refractivity contribution in [3.8, 4) is 17.2 Å². The maximum atomic E-state index is 8.70. The zero-order valence-electron chi connectivity index (χ0n) is 11.8.